The van der Waals surface area contributed by atoms with Crippen LogP contribution in [0.25, 0.3) is 0 Å². The quantitative estimate of drug-likeness (QED) is 0.599. The zero-order valence-electron chi connectivity index (χ0n) is 16.4. The second-order valence-electron chi connectivity index (χ2n) is 8.02. The standard InChI is InChI=1S/C21H25NO5S/c1-14-5-11-17(12-6-14)28(24,25)22-19-13-18(19)15-7-9-16(10-8-15)26-20(23)27-21(2,3)4/h5-12,18-19,22H,13H2,1-4H3/t18-,19+/m0/s1. The first-order chi connectivity index (χ1) is 13.0. The molecule has 2 atom stereocenters. The Morgan fingerprint density at radius 3 is 2.21 bits per heavy atom. The average molecular weight is 404 g/mol. The van der Waals surface area contributed by atoms with Crippen molar-refractivity contribution in [2.45, 2.75) is 56.6 Å². The Kier molecular flexibility index (Phi) is 5.50. The van der Waals surface area contributed by atoms with Gasteiger partial charge in [-0.3, -0.25) is 0 Å². The highest BCUT2D eigenvalue weighted by molar-refractivity contribution is 7.89. The van der Waals surface area contributed by atoms with Crippen molar-refractivity contribution >= 4 is 16.2 Å². The summed E-state index contributed by atoms with van der Waals surface area (Å²) in [5.74, 6) is 0.492. The molecule has 0 unspecified atom stereocenters. The van der Waals surface area contributed by atoms with Crippen molar-refractivity contribution in [3.8, 4) is 5.75 Å². The van der Waals surface area contributed by atoms with Crippen molar-refractivity contribution in [1.29, 1.82) is 0 Å². The monoisotopic (exact) mass is 403 g/mol. The van der Waals surface area contributed by atoms with Crippen LogP contribution < -0.4 is 9.46 Å². The molecule has 1 N–H and O–H groups in total. The summed E-state index contributed by atoms with van der Waals surface area (Å²) in [5, 5.41) is 0. The highest BCUT2D eigenvalue weighted by Crippen LogP contribution is 2.42. The Morgan fingerprint density at radius 1 is 1.04 bits per heavy atom. The first-order valence-electron chi connectivity index (χ1n) is 9.13. The van der Waals surface area contributed by atoms with Crippen molar-refractivity contribution in [2.24, 2.45) is 0 Å². The SMILES string of the molecule is Cc1ccc(S(=O)(=O)N[C@@H]2C[C@H]2c2ccc(OC(=O)OC(C)(C)C)cc2)cc1. The summed E-state index contributed by atoms with van der Waals surface area (Å²) in [6.07, 6.45) is -0.0208. The van der Waals surface area contributed by atoms with E-state index in [1.54, 1.807) is 57.2 Å². The van der Waals surface area contributed by atoms with Gasteiger partial charge in [-0.2, -0.15) is 0 Å². The number of carbonyl (C=O) groups is 1. The van der Waals surface area contributed by atoms with Gasteiger partial charge in [-0.25, -0.2) is 17.9 Å². The molecular weight excluding hydrogens is 378 g/mol. The van der Waals surface area contributed by atoms with Crippen LogP contribution in [0.1, 0.15) is 44.2 Å². The van der Waals surface area contributed by atoms with Gasteiger partial charge < -0.3 is 9.47 Å². The third-order valence-corrected chi connectivity index (χ3v) is 5.83. The number of carbonyl (C=O) groups excluding carboxylic acids is 1. The molecule has 150 valence electrons. The van der Waals surface area contributed by atoms with E-state index in [1.165, 1.54) is 0 Å². The molecule has 1 aliphatic rings. The van der Waals surface area contributed by atoms with Gasteiger partial charge in [0, 0.05) is 12.0 Å². The van der Waals surface area contributed by atoms with E-state index in [-0.39, 0.29) is 16.9 Å². The molecule has 0 aliphatic heterocycles. The van der Waals surface area contributed by atoms with E-state index in [0.29, 0.717) is 5.75 Å². The van der Waals surface area contributed by atoms with Crippen LogP contribution >= 0.6 is 0 Å². The molecule has 0 spiro atoms. The second kappa shape index (κ2) is 7.56. The summed E-state index contributed by atoms with van der Waals surface area (Å²) >= 11 is 0. The minimum atomic E-state index is -3.53. The third kappa shape index (κ3) is 5.33. The molecule has 0 aromatic heterocycles. The van der Waals surface area contributed by atoms with Crippen LogP contribution in [0.5, 0.6) is 5.75 Å². The van der Waals surface area contributed by atoms with E-state index in [2.05, 4.69) is 4.72 Å². The first kappa shape index (κ1) is 20.4. The summed E-state index contributed by atoms with van der Waals surface area (Å²) in [6.45, 7) is 7.21. The maximum atomic E-state index is 12.5. The van der Waals surface area contributed by atoms with E-state index in [1.807, 2.05) is 19.1 Å². The molecule has 0 heterocycles. The molecule has 28 heavy (non-hydrogen) atoms. The molecule has 6 nitrogen and oxygen atoms in total. The van der Waals surface area contributed by atoms with E-state index in [9.17, 15) is 13.2 Å². The van der Waals surface area contributed by atoms with Crippen LogP contribution in [0.3, 0.4) is 0 Å². The zero-order valence-corrected chi connectivity index (χ0v) is 17.2. The molecule has 7 heteroatoms. The van der Waals surface area contributed by atoms with Crippen LogP contribution in [0.4, 0.5) is 4.79 Å². The van der Waals surface area contributed by atoms with Gasteiger partial charge in [-0.1, -0.05) is 29.8 Å². The minimum absolute atomic E-state index is 0.107. The van der Waals surface area contributed by atoms with E-state index in [0.717, 1.165) is 17.5 Å². The fourth-order valence-electron chi connectivity index (χ4n) is 2.83. The summed E-state index contributed by atoms with van der Waals surface area (Å²) in [4.78, 5) is 12.0. The predicted molar refractivity (Wildman–Crippen MR) is 106 cm³/mol. The topological polar surface area (TPSA) is 81.7 Å². The Labute approximate surface area is 165 Å². The molecule has 0 amide bonds. The van der Waals surface area contributed by atoms with Crippen LogP contribution in [-0.2, 0) is 14.8 Å². The minimum Gasteiger partial charge on any atom is -0.428 e. The molecule has 0 radical (unpaired) electrons. The molecular formula is C21H25NO5S. The number of aryl methyl sites for hydroxylation is 1. The van der Waals surface area contributed by atoms with Gasteiger partial charge in [0.25, 0.3) is 0 Å². The van der Waals surface area contributed by atoms with Crippen LogP contribution in [0.15, 0.2) is 53.4 Å². The van der Waals surface area contributed by atoms with E-state index in [4.69, 9.17) is 9.47 Å². The van der Waals surface area contributed by atoms with Crippen molar-refractivity contribution < 1.29 is 22.7 Å². The van der Waals surface area contributed by atoms with Crippen LogP contribution in [0, 0.1) is 6.92 Å². The normalized spacial score (nSPS) is 19.1. The highest BCUT2D eigenvalue weighted by atomic mass is 32.2. The van der Waals surface area contributed by atoms with E-state index < -0.39 is 21.8 Å². The number of hydrogen-bond acceptors (Lipinski definition) is 5. The Balaban J connectivity index is 1.58. The number of nitrogens with one attached hydrogen (secondary N) is 1. The van der Waals surface area contributed by atoms with E-state index >= 15 is 0 Å². The van der Waals surface area contributed by atoms with Crippen LogP contribution in [0.2, 0.25) is 0 Å². The lowest BCUT2D eigenvalue weighted by Crippen LogP contribution is -2.26. The Bertz CT molecular complexity index is 944. The average Bonchev–Trinajstić information content (AvgIpc) is 3.32. The molecule has 0 bridgehead atoms. The lowest BCUT2D eigenvalue weighted by atomic mass is 10.1. The van der Waals surface area contributed by atoms with Crippen molar-refractivity contribution in [1.82, 2.24) is 4.72 Å². The Hall–Kier alpha value is -2.38. The number of sulfonamides is 1. The van der Waals surface area contributed by atoms with Gasteiger partial charge >= 0.3 is 6.16 Å². The lowest BCUT2D eigenvalue weighted by Gasteiger charge is -2.18. The van der Waals surface area contributed by atoms with Crippen molar-refractivity contribution in [3.05, 3.63) is 59.7 Å². The highest BCUT2D eigenvalue weighted by Gasteiger charge is 2.41. The second-order valence-corrected chi connectivity index (χ2v) is 9.73. The van der Waals surface area contributed by atoms with Crippen molar-refractivity contribution in [3.63, 3.8) is 0 Å². The maximum Gasteiger partial charge on any atom is 0.514 e. The largest absolute Gasteiger partial charge is 0.514 e. The van der Waals surface area contributed by atoms with Gasteiger partial charge in [0.15, 0.2) is 0 Å². The Morgan fingerprint density at radius 2 is 1.64 bits per heavy atom. The molecule has 1 fully saturated rings. The number of hydrogen-bond donors (Lipinski definition) is 1. The maximum absolute atomic E-state index is 12.5. The summed E-state index contributed by atoms with van der Waals surface area (Å²) < 4.78 is 38.0. The number of benzene rings is 2. The van der Waals surface area contributed by atoms with Gasteiger partial charge in [0.05, 0.1) is 4.90 Å². The van der Waals surface area contributed by atoms with Gasteiger partial charge in [0.1, 0.15) is 11.4 Å². The summed E-state index contributed by atoms with van der Waals surface area (Å²) in [6, 6.07) is 13.7. The molecule has 0 saturated heterocycles. The van der Waals surface area contributed by atoms with Crippen molar-refractivity contribution in [2.75, 3.05) is 0 Å². The number of ether oxygens (including phenoxy) is 2. The van der Waals surface area contributed by atoms with Gasteiger partial charge in [-0.15, -0.1) is 0 Å². The third-order valence-electron chi connectivity index (χ3n) is 4.33. The molecule has 1 aliphatic carbocycles. The smallest absolute Gasteiger partial charge is 0.428 e. The molecule has 3 rings (SSSR count). The molecule has 1 saturated carbocycles. The van der Waals surface area contributed by atoms with Crippen LogP contribution in [-0.4, -0.2) is 26.2 Å². The summed E-state index contributed by atoms with van der Waals surface area (Å²) in [7, 11) is -3.53. The predicted octanol–water partition coefficient (Wildman–Crippen LogP) is 4.14. The number of rotatable bonds is 5. The fourth-order valence-corrected chi connectivity index (χ4v) is 4.12. The first-order valence-corrected chi connectivity index (χ1v) is 10.6. The van der Waals surface area contributed by atoms with Gasteiger partial charge in [-0.05, 0) is 63.9 Å². The zero-order chi connectivity index (χ0) is 20.5. The fraction of sp³-hybridized carbons (Fsp3) is 0.381. The summed E-state index contributed by atoms with van der Waals surface area (Å²) in [5.41, 5.74) is 1.39. The molecule has 2 aromatic rings. The molecule has 2 aromatic carbocycles. The lowest BCUT2D eigenvalue weighted by molar-refractivity contribution is 0.0206. The van der Waals surface area contributed by atoms with Gasteiger partial charge in [0.2, 0.25) is 10.0 Å².